The highest BCUT2D eigenvalue weighted by Crippen LogP contribution is 2.34. The lowest BCUT2D eigenvalue weighted by Crippen LogP contribution is -2.28. The number of benzene rings is 2. The van der Waals surface area contributed by atoms with Crippen LogP contribution in [-0.4, -0.2) is 40.5 Å². The Morgan fingerprint density at radius 2 is 1.86 bits per heavy atom. The Bertz CT molecular complexity index is 2000. The van der Waals surface area contributed by atoms with Gasteiger partial charge in [-0.25, -0.2) is 24.0 Å². The number of anilines is 1. The standard InChI is InChI=1S/C28H20BrF4N7O2/c29-19-6-3-7-20-22(19)27(42)39(11-14-4-1-2-5-18(14)28(31,32)33)21(37-20)12-40-26-23(25(34)35-13-36-26)24(38-40)15-8-16(30)10-17(41)9-15/h1-9,13,17,41H,10-12H2,(H2,34,35,36). The molecule has 3 N–H and O–H groups in total. The van der Waals surface area contributed by atoms with Gasteiger partial charge in [-0.2, -0.15) is 18.3 Å². The Hall–Kier alpha value is -4.43. The number of halogens is 5. The van der Waals surface area contributed by atoms with E-state index in [0.29, 0.717) is 9.99 Å². The molecule has 14 heteroatoms. The topological polar surface area (TPSA) is 125 Å². The van der Waals surface area contributed by atoms with E-state index in [2.05, 4.69) is 36.0 Å². The molecule has 1 atom stereocenters. The molecule has 1 unspecified atom stereocenters. The highest BCUT2D eigenvalue weighted by atomic mass is 79.9. The minimum atomic E-state index is -4.65. The van der Waals surface area contributed by atoms with Crippen LogP contribution in [0.4, 0.5) is 23.4 Å². The van der Waals surface area contributed by atoms with Crippen LogP contribution in [0.3, 0.4) is 0 Å². The summed E-state index contributed by atoms with van der Waals surface area (Å²) in [5.74, 6) is -0.421. The van der Waals surface area contributed by atoms with Crippen molar-refractivity contribution in [3.8, 4) is 0 Å². The van der Waals surface area contributed by atoms with Crippen LogP contribution in [0.5, 0.6) is 0 Å². The van der Waals surface area contributed by atoms with Gasteiger partial charge in [0.25, 0.3) is 5.56 Å². The number of aromatic nitrogens is 6. The maximum absolute atomic E-state index is 14.3. The first-order valence-corrected chi connectivity index (χ1v) is 13.4. The van der Waals surface area contributed by atoms with E-state index in [1.54, 1.807) is 18.2 Å². The number of aliphatic hydroxyl groups is 1. The van der Waals surface area contributed by atoms with Gasteiger partial charge in [-0.15, -0.1) is 0 Å². The molecule has 0 radical (unpaired) electrons. The maximum Gasteiger partial charge on any atom is 0.416 e. The fourth-order valence-electron chi connectivity index (χ4n) is 5.02. The first-order valence-electron chi connectivity index (χ1n) is 12.6. The van der Waals surface area contributed by atoms with E-state index in [1.165, 1.54) is 45.9 Å². The van der Waals surface area contributed by atoms with E-state index in [0.717, 1.165) is 6.07 Å². The summed E-state index contributed by atoms with van der Waals surface area (Å²) in [5.41, 5.74) is 5.57. The number of hydrogen-bond donors (Lipinski definition) is 2. The first kappa shape index (κ1) is 27.7. The summed E-state index contributed by atoms with van der Waals surface area (Å²) < 4.78 is 58.8. The van der Waals surface area contributed by atoms with Crippen molar-refractivity contribution in [1.82, 2.24) is 29.3 Å². The predicted octanol–water partition coefficient (Wildman–Crippen LogP) is 5.00. The maximum atomic E-state index is 14.3. The van der Waals surface area contributed by atoms with Gasteiger partial charge in [0.2, 0.25) is 0 Å². The Kier molecular flexibility index (Phi) is 6.89. The molecule has 214 valence electrons. The highest BCUT2D eigenvalue weighted by Gasteiger charge is 2.33. The fraction of sp³-hybridized carbons (Fsp3) is 0.179. The molecule has 0 saturated carbocycles. The molecule has 3 aromatic heterocycles. The van der Waals surface area contributed by atoms with Crippen molar-refractivity contribution in [3.63, 3.8) is 0 Å². The van der Waals surface area contributed by atoms with Crippen LogP contribution >= 0.6 is 15.9 Å². The lowest BCUT2D eigenvalue weighted by atomic mass is 10.00. The number of fused-ring (bicyclic) bond motifs is 2. The SMILES string of the molecule is Nc1ncnc2c1c(C1=CC(O)CC(F)=C1)nn2Cc1nc2cccc(Br)c2c(=O)n1Cc1ccccc1C(F)(F)F. The molecule has 0 fully saturated rings. The van der Waals surface area contributed by atoms with Crippen molar-refractivity contribution in [1.29, 1.82) is 0 Å². The van der Waals surface area contributed by atoms with Crippen molar-refractivity contribution in [2.45, 2.75) is 31.8 Å². The lowest BCUT2D eigenvalue weighted by Gasteiger charge is -2.17. The Balaban J connectivity index is 1.56. The van der Waals surface area contributed by atoms with Crippen molar-refractivity contribution in [2.24, 2.45) is 0 Å². The monoisotopic (exact) mass is 641 g/mol. The number of nitrogens with two attached hydrogens (primary N) is 1. The van der Waals surface area contributed by atoms with Crippen LogP contribution in [0.1, 0.15) is 29.1 Å². The van der Waals surface area contributed by atoms with Crippen molar-refractivity contribution in [2.75, 3.05) is 5.73 Å². The zero-order chi connectivity index (χ0) is 29.8. The molecule has 0 aliphatic heterocycles. The highest BCUT2D eigenvalue weighted by molar-refractivity contribution is 9.10. The van der Waals surface area contributed by atoms with Gasteiger partial charge < -0.3 is 10.8 Å². The summed E-state index contributed by atoms with van der Waals surface area (Å²) in [4.78, 5) is 26.8. The number of allylic oxidation sites excluding steroid dienone is 2. The van der Waals surface area contributed by atoms with Gasteiger partial charge in [0, 0.05) is 16.5 Å². The second kappa shape index (κ2) is 10.4. The van der Waals surface area contributed by atoms with E-state index in [4.69, 9.17) is 5.73 Å². The van der Waals surface area contributed by atoms with Gasteiger partial charge in [-0.3, -0.25) is 9.36 Å². The Morgan fingerprint density at radius 3 is 2.62 bits per heavy atom. The van der Waals surface area contributed by atoms with Crippen molar-refractivity contribution >= 4 is 49.3 Å². The van der Waals surface area contributed by atoms with E-state index in [9.17, 15) is 27.5 Å². The molecule has 2 aromatic carbocycles. The molecule has 42 heavy (non-hydrogen) atoms. The van der Waals surface area contributed by atoms with Crippen LogP contribution in [0, 0.1) is 0 Å². The molecule has 0 bridgehead atoms. The summed E-state index contributed by atoms with van der Waals surface area (Å²) in [6, 6.07) is 9.95. The molecular formula is C28H20BrF4N7O2. The third kappa shape index (κ3) is 4.96. The van der Waals surface area contributed by atoms with Crippen LogP contribution in [-0.2, 0) is 19.3 Å². The predicted molar refractivity (Wildman–Crippen MR) is 151 cm³/mol. The third-order valence-corrected chi connectivity index (χ3v) is 7.54. The molecule has 1 aliphatic carbocycles. The second-order valence-corrected chi connectivity index (χ2v) is 10.5. The van der Waals surface area contributed by atoms with Crippen LogP contribution in [0.15, 0.2) is 76.0 Å². The normalized spacial score (nSPS) is 15.7. The average Bonchev–Trinajstić information content (AvgIpc) is 3.29. The van der Waals surface area contributed by atoms with Crippen molar-refractivity contribution in [3.05, 3.63) is 104 Å². The summed E-state index contributed by atoms with van der Waals surface area (Å²) in [6.07, 6.45) is -2.06. The van der Waals surface area contributed by atoms with Crippen LogP contribution in [0.25, 0.3) is 27.5 Å². The van der Waals surface area contributed by atoms with Gasteiger partial charge in [0.1, 0.15) is 36.0 Å². The van der Waals surface area contributed by atoms with Crippen LogP contribution in [0.2, 0.25) is 0 Å². The van der Waals surface area contributed by atoms with Gasteiger partial charge in [-0.1, -0.05) is 24.3 Å². The minimum absolute atomic E-state index is 0.0444. The molecule has 6 rings (SSSR count). The summed E-state index contributed by atoms with van der Waals surface area (Å²) in [5, 5.41) is 15.2. The fourth-order valence-corrected chi connectivity index (χ4v) is 5.55. The third-order valence-electron chi connectivity index (χ3n) is 6.87. The number of rotatable bonds is 5. The zero-order valence-electron chi connectivity index (χ0n) is 21.5. The molecule has 3 heterocycles. The quantitative estimate of drug-likeness (QED) is 0.259. The van der Waals surface area contributed by atoms with Gasteiger partial charge in [-0.05, 0) is 51.8 Å². The summed E-state index contributed by atoms with van der Waals surface area (Å²) >= 11 is 3.36. The van der Waals surface area contributed by atoms with Crippen molar-refractivity contribution < 1.29 is 22.7 Å². The Labute approximate surface area is 242 Å². The molecule has 5 aromatic rings. The van der Waals surface area contributed by atoms with E-state index < -0.39 is 35.8 Å². The zero-order valence-corrected chi connectivity index (χ0v) is 23.1. The lowest BCUT2D eigenvalue weighted by molar-refractivity contribution is -0.138. The molecular weight excluding hydrogens is 622 g/mol. The summed E-state index contributed by atoms with van der Waals surface area (Å²) in [7, 11) is 0. The minimum Gasteiger partial charge on any atom is -0.389 e. The molecule has 0 spiro atoms. The number of alkyl halides is 3. The number of aliphatic hydroxyl groups excluding tert-OH is 1. The molecule has 9 nitrogen and oxygen atoms in total. The van der Waals surface area contributed by atoms with E-state index in [-0.39, 0.29) is 57.9 Å². The van der Waals surface area contributed by atoms with Gasteiger partial charge in [0.15, 0.2) is 5.65 Å². The largest absolute Gasteiger partial charge is 0.416 e. The van der Waals surface area contributed by atoms with Crippen LogP contribution < -0.4 is 11.3 Å². The molecule has 0 saturated heterocycles. The average molecular weight is 642 g/mol. The van der Waals surface area contributed by atoms with E-state index in [1.807, 2.05) is 0 Å². The Morgan fingerprint density at radius 1 is 1.07 bits per heavy atom. The van der Waals surface area contributed by atoms with Gasteiger partial charge >= 0.3 is 6.18 Å². The number of nitrogen functional groups attached to an aromatic ring is 1. The first-order chi connectivity index (χ1) is 20.0. The molecule has 0 amide bonds. The van der Waals surface area contributed by atoms with Gasteiger partial charge in [0.05, 0.1) is 34.5 Å². The number of hydrogen-bond acceptors (Lipinski definition) is 7. The summed E-state index contributed by atoms with van der Waals surface area (Å²) in [6.45, 7) is -0.635. The number of nitrogens with zero attached hydrogens (tertiary/aromatic N) is 6. The smallest absolute Gasteiger partial charge is 0.389 e. The van der Waals surface area contributed by atoms with E-state index >= 15 is 0 Å². The second-order valence-electron chi connectivity index (χ2n) is 9.66. The molecule has 1 aliphatic rings.